The number of carbonyl (C=O) groups is 1. The van der Waals surface area contributed by atoms with Gasteiger partial charge in [0.15, 0.2) is 6.61 Å². The minimum atomic E-state index is 0.00145. The summed E-state index contributed by atoms with van der Waals surface area (Å²) in [6.45, 7) is 4.01. The molecule has 0 aliphatic carbocycles. The van der Waals surface area contributed by atoms with Gasteiger partial charge in [-0.25, -0.2) is 0 Å². The first-order valence-corrected chi connectivity index (χ1v) is 8.16. The summed E-state index contributed by atoms with van der Waals surface area (Å²) in [5.74, 6) is 0.670. The Morgan fingerprint density at radius 2 is 2.30 bits per heavy atom. The second-order valence-corrected chi connectivity index (χ2v) is 6.37. The van der Waals surface area contributed by atoms with E-state index in [0.29, 0.717) is 25.4 Å². The third-order valence-corrected chi connectivity index (χ3v) is 4.30. The number of amides is 1. The molecule has 0 saturated carbocycles. The fraction of sp³-hybridized carbons (Fsp3) is 0.500. The van der Waals surface area contributed by atoms with Crippen LogP contribution in [0.25, 0.3) is 0 Å². The average molecular weight is 407 g/mol. The highest BCUT2D eigenvalue weighted by molar-refractivity contribution is 9.11. The van der Waals surface area contributed by atoms with Crippen molar-refractivity contribution >= 4 is 37.8 Å². The van der Waals surface area contributed by atoms with E-state index in [1.807, 2.05) is 23.1 Å². The molecule has 1 amide bonds. The van der Waals surface area contributed by atoms with Crippen molar-refractivity contribution in [3.8, 4) is 5.75 Å². The molecule has 4 nitrogen and oxygen atoms in total. The molecule has 1 aliphatic heterocycles. The maximum atomic E-state index is 12.1. The molecule has 0 bridgehead atoms. The van der Waals surface area contributed by atoms with Crippen LogP contribution in [-0.2, 0) is 9.53 Å². The highest BCUT2D eigenvalue weighted by Crippen LogP contribution is 2.28. The Kier molecular flexibility index (Phi) is 5.86. The van der Waals surface area contributed by atoms with Crippen LogP contribution in [0.5, 0.6) is 5.75 Å². The molecule has 6 heteroatoms. The van der Waals surface area contributed by atoms with Crippen LogP contribution in [0.3, 0.4) is 0 Å². The lowest BCUT2D eigenvalue weighted by Gasteiger charge is -2.32. The number of nitrogens with zero attached hydrogens (tertiary/aromatic N) is 1. The number of hydrogen-bond acceptors (Lipinski definition) is 3. The van der Waals surface area contributed by atoms with Gasteiger partial charge >= 0.3 is 0 Å². The number of benzene rings is 1. The summed E-state index contributed by atoms with van der Waals surface area (Å²) in [5, 5.41) is 0. The van der Waals surface area contributed by atoms with Gasteiger partial charge in [0.2, 0.25) is 0 Å². The minimum absolute atomic E-state index is 0.00145. The van der Waals surface area contributed by atoms with Gasteiger partial charge in [-0.15, -0.1) is 0 Å². The van der Waals surface area contributed by atoms with Crippen molar-refractivity contribution in [2.24, 2.45) is 0 Å². The molecule has 20 heavy (non-hydrogen) atoms. The highest BCUT2D eigenvalue weighted by atomic mass is 79.9. The lowest BCUT2D eigenvalue weighted by molar-refractivity contribution is -0.141. The number of morpholine rings is 1. The number of rotatable bonds is 4. The Hall–Kier alpha value is -0.590. The van der Waals surface area contributed by atoms with Crippen LogP contribution in [0.2, 0.25) is 0 Å². The number of ether oxygens (including phenoxy) is 2. The largest absolute Gasteiger partial charge is 0.483 e. The molecule has 0 aromatic heterocycles. The third kappa shape index (κ3) is 4.20. The van der Waals surface area contributed by atoms with Crippen LogP contribution in [0.1, 0.15) is 13.3 Å². The molecule has 1 aromatic rings. The summed E-state index contributed by atoms with van der Waals surface area (Å²) in [5.41, 5.74) is 0. The van der Waals surface area contributed by atoms with Crippen molar-refractivity contribution in [3.63, 3.8) is 0 Å². The standard InChI is InChI=1S/C14H17Br2NO3/c1-2-11-8-17(5-6-19-11)14(18)9-20-13-4-3-10(15)7-12(13)16/h3-4,7,11H,2,5-6,8-9H2,1H3. The summed E-state index contributed by atoms with van der Waals surface area (Å²) in [7, 11) is 0. The minimum Gasteiger partial charge on any atom is -0.483 e. The van der Waals surface area contributed by atoms with Crippen LogP contribution in [0.15, 0.2) is 27.1 Å². The molecule has 0 radical (unpaired) electrons. The van der Waals surface area contributed by atoms with Gasteiger partial charge in [-0.1, -0.05) is 22.9 Å². The molecule has 110 valence electrons. The first-order chi connectivity index (χ1) is 9.60. The maximum Gasteiger partial charge on any atom is 0.260 e. The molecule has 1 unspecified atom stereocenters. The Labute approximate surface area is 135 Å². The van der Waals surface area contributed by atoms with Gasteiger partial charge in [0.1, 0.15) is 5.75 Å². The predicted octanol–water partition coefficient (Wildman–Crippen LogP) is 3.23. The molecule has 1 aromatic carbocycles. The fourth-order valence-corrected chi connectivity index (χ4v) is 3.18. The molecule has 1 aliphatic rings. The molecule has 1 saturated heterocycles. The van der Waals surface area contributed by atoms with Crippen molar-refractivity contribution in [3.05, 3.63) is 27.1 Å². The van der Waals surface area contributed by atoms with E-state index < -0.39 is 0 Å². The highest BCUT2D eigenvalue weighted by Gasteiger charge is 2.23. The lowest BCUT2D eigenvalue weighted by atomic mass is 10.2. The monoisotopic (exact) mass is 405 g/mol. The maximum absolute atomic E-state index is 12.1. The Morgan fingerprint density at radius 3 is 3.00 bits per heavy atom. The van der Waals surface area contributed by atoms with Gasteiger partial charge in [0.25, 0.3) is 5.91 Å². The van der Waals surface area contributed by atoms with E-state index in [9.17, 15) is 4.79 Å². The quantitative estimate of drug-likeness (QED) is 0.770. The fourth-order valence-electron chi connectivity index (χ4n) is 2.02. The van der Waals surface area contributed by atoms with Crippen molar-refractivity contribution in [1.29, 1.82) is 0 Å². The molecule has 1 heterocycles. The van der Waals surface area contributed by atoms with Crippen LogP contribution in [0.4, 0.5) is 0 Å². The smallest absolute Gasteiger partial charge is 0.260 e. The zero-order valence-corrected chi connectivity index (χ0v) is 14.4. The molecular weight excluding hydrogens is 390 g/mol. The zero-order valence-electron chi connectivity index (χ0n) is 11.3. The van der Waals surface area contributed by atoms with E-state index in [2.05, 4.69) is 38.8 Å². The van der Waals surface area contributed by atoms with Crippen LogP contribution in [0, 0.1) is 0 Å². The number of halogens is 2. The summed E-state index contributed by atoms with van der Waals surface area (Å²) in [6, 6.07) is 5.60. The van der Waals surface area contributed by atoms with Gasteiger partial charge in [-0.3, -0.25) is 4.79 Å². The van der Waals surface area contributed by atoms with Gasteiger partial charge in [0.05, 0.1) is 17.2 Å². The van der Waals surface area contributed by atoms with Crippen LogP contribution >= 0.6 is 31.9 Å². The molecule has 2 rings (SSSR count). The molecular formula is C14H17Br2NO3. The van der Waals surface area contributed by atoms with Crippen molar-refractivity contribution in [1.82, 2.24) is 4.90 Å². The van der Waals surface area contributed by atoms with E-state index in [4.69, 9.17) is 9.47 Å². The van der Waals surface area contributed by atoms with Crippen LogP contribution < -0.4 is 4.74 Å². The zero-order chi connectivity index (χ0) is 14.5. The first kappa shape index (κ1) is 15.8. The van der Waals surface area contributed by atoms with Crippen molar-refractivity contribution in [2.45, 2.75) is 19.4 Å². The second kappa shape index (κ2) is 7.43. The number of hydrogen-bond donors (Lipinski definition) is 0. The first-order valence-electron chi connectivity index (χ1n) is 6.57. The average Bonchev–Trinajstić information content (AvgIpc) is 2.46. The van der Waals surface area contributed by atoms with E-state index in [1.54, 1.807) is 0 Å². The summed E-state index contributed by atoms with van der Waals surface area (Å²) < 4.78 is 12.9. The van der Waals surface area contributed by atoms with E-state index >= 15 is 0 Å². The topological polar surface area (TPSA) is 38.8 Å². The Morgan fingerprint density at radius 1 is 1.50 bits per heavy atom. The van der Waals surface area contributed by atoms with Crippen molar-refractivity contribution in [2.75, 3.05) is 26.3 Å². The van der Waals surface area contributed by atoms with Gasteiger partial charge in [-0.05, 0) is 40.5 Å². The lowest BCUT2D eigenvalue weighted by Crippen LogP contribution is -2.47. The summed E-state index contributed by atoms with van der Waals surface area (Å²) >= 11 is 6.79. The van der Waals surface area contributed by atoms with Gasteiger partial charge in [-0.2, -0.15) is 0 Å². The Bertz CT molecular complexity index is 481. The van der Waals surface area contributed by atoms with Crippen LogP contribution in [-0.4, -0.2) is 43.2 Å². The molecule has 1 fully saturated rings. The Balaban J connectivity index is 1.88. The third-order valence-electron chi connectivity index (χ3n) is 3.19. The summed E-state index contributed by atoms with van der Waals surface area (Å²) in [6.07, 6.45) is 1.07. The SMILES string of the molecule is CCC1CN(C(=O)COc2ccc(Br)cc2Br)CCO1. The van der Waals surface area contributed by atoms with Crippen molar-refractivity contribution < 1.29 is 14.3 Å². The van der Waals surface area contributed by atoms with E-state index in [1.165, 1.54) is 0 Å². The molecule has 1 atom stereocenters. The van der Waals surface area contributed by atoms with Gasteiger partial charge < -0.3 is 14.4 Å². The normalized spacial score (nSPS) is 18.9. The second-order valence-electron chi connectivity index (χ2n) is 4.60. The predicted molar refractivity (Wildman–Crippen MR) is 83.9 cm³/mol. The molecule has 0 spiro atoms. The van der Waals surface area contributed by atoms with E-state index in [0.717, 1.165) is 15.4 Å². The summed E-state index contributed by atoms with van der Waals surface area (Å²) in [4.78, 5) is 13.9. The number of carbonyl (C=O) groups excluding carboxylic acids is 1. The van der Waals surface area contributed by atoms with E-state index in [-0.39, 0.29) is 18.6 Å². The van der Waals surface area contributed by atoms with Gasteiger partial charge in [0, 0.05) is 17.6 Å². The molecule has 0 N–H and O–H groups in total.